The number of hydrogen-bond acceptors (Lipinski definition) is 4. The number of nitrogens with zero attached hydrogens (tertiary/aromatic N) is 3. The minimum absolute atomic E-state index is 0.181. The van der Waals surface area contributed by atoms with Crippen molar-refractivity contribution in [2.24, 2.45) is 0 Å². The minimum Gasteiger partial charge on any atom is -0.462 e. The highest BCUT2D eigenvalue weighted by Crippen LogP contribution is 2.74. The van der Waals surface area contributed by atoms with Gasteiger partial charge in [-0.15, -0.1) is 0 Å². The fraction of sp³-hybridized carbons (Fsp3) is 0.381. The van der Waals surface area contributed by atoms with Gasteiger partial charge in [-0.2, -0.15) is 5.10 Å². The van der Waals surface area contributed by atoms with Gasteiger partial charge in [0.2, 0.25) is 0 Å². The molecule has 3 saturated carbocycles. The lowest BCUT2D eigenvalue weighted by Crippen LogP contribution is -2.67. The van der Waals surface area contributed by atoms with Crippen molar-refractivity contribution in [1.82, 2.24) is 14.6 Å². The standard InChI is InChI=1S/C21H21N3O2/c1-3-26-19(25)15-7-6-14(2)16(9-15)20-11-21(12-20,13-20)17-10-22-18-5-4-8-23-24(17)18/h4-10H,3,11-13H2,1-2H3. The zero-order valence-corrected chi connectivity index (χ0v) is 15.0. The van der Waals surface area contributed by atoms with E-state index in [2.05, 4.69) is 17.0 Å². The molecule has 1 aromatic carbocycles. The average molecular weight is 347 g/mol. The van der Waals surface area contributed by atoms with E-state index >= 15 is 0 Å². The molecule has 3 aromatic rings. The summed E-state index contributed by atoms with van der Waals surface area (Å²) in [5.41, 5.74) is 5.69. The highest BCUT2D eigenvalue weighted by molar-refractivity contribution is 5.90. The zero-order valence-electron chi connectivity index (χ0n) is 15.0. The van der Waals surface area contributed by atoms with Gasteiger partial charge in [0.1, 0.15) is 0 Å². The van der Waals surface area contributed by atoms with Gasteiger partial charge < -0.3 is 4.74 Å². The number of benzene rings is 1. The molecule has 0 unspecified atom stereocenters. The molecular weight excluding hydrogens is 326 g/mol. The molecule has 0 saturated heterocycles. The molecule has 2 aromatic heterocycles. The first-order valence-electron chi connectivity index (χ1n) is 9.14. The lowest BCUT2D eigenvalue weighted by atomic mass is 9.32. The van der Waals surface area contributed by atoms with Crippen molar-refractivity contribution in [3.8, 4) is 0 Å². The van der Waals surface area contributed by atoms with E-state index < -0.39 is 0 Å². The molecule has 132 valence electrons. The van der Waals surface area contributed by atoms with E-state index in [1.165, 1.54) is 16.8 Å². The van der Waals surface area contributed by atoms with E-state index in [0.717, 1.165) is 24.9 Å². The smallest absolute Gasteiger partial charge is 0.338 e. The quantitative estimate of drug-likeness (QED) is 0.677. The second kappa shape index (κ2) is 5.16. The fourth-order valence-corrected chi connectivity index (χ4v) is 5.07. The monoisotopic (exact) mass is 347 g/mol. The van der Waals surface area contributed by atoms with Crippen molar-refractivity contribution in [2.75, 3.05) is 6.61 Å². The lowest BCUT2D eigenvalue weighted by molar-refractivity contribution is -0.0738. The number of aryl methyl sites for hydroxylation is 1. The SMILES string of the molecule is CCOC(=O)c1ccc(C)c(C23CC(c4cnc5cccnn45)(C2)C3)c1. The van der Waals surface area contributed by atoms with Gasteiger partial charge in [-0.05, 0) is 73.9 Å². The Bertz CT molecular complexity index is 1020. The molecule has 5 heteroatoms. The zero-order chi connectivity index (χ0) is 17.9. The molecule has 0 N–H and O–H groups in total. The number of rotatable bonds is 4. The number of imidazole rings is 1. The minimum atomic E-state index is -0.235. The van der Waals surface area contributed by atoms with E-state index in [0.29, 0.717) is 12.2 Å². The average Bonchev–Trinajstić information content (AvgIpc) is 2.99. The van der Waals surface area contributed by atoms with Gasteiger partial charge >= 0.3 is 5.97 Å². The van der Waals surface area contributed by atoms with Crippen molar-refractivity contribution in [3.05, 3.63) is 65.1 Å². The Hall–Kier alpha value is -2.69. The van der Waals surface area contributed by atoms with Gasteiger partial charge in [-0.3, -0.25) is 0 Å². The van der Waals surface area contributed by atoms with E-state index in [4.69, 9.17) is 4.74 Å². The number of fused-ring (bicyclic) bond motifs is 1. The molecule has 0 amide bonds. The first-order chi connectivity index (χ1) is 12.6. The number of carbonyl (C=O) groups excluding carboxylic acids is 1. The first kappa shape index (κ1) is 15.6. The van der Waals surface area contributed by atoms with Crippen LogP contribution in [0.5, 0.6) is 0 Å². The summed E-state index contributed by atoms with van der Waals surface area (Å²) in [6, 6.07) is 9.87. The topological polar surface area (TPSA) is 56.5 Å². The maximum Gasteiger partial charge on any atom is 0.338 e. The van der Waals surface area contributed by atoms with Crippen LogP contribution < -0.4 is 0 Å². The Morgan fingerprint density at radius 2 is 2.04 bits per heavy atom. The predicted octanol–water partition coefficient (Wildman–Crippen LogP) is 3.59. The summed E-state index contributed by atoms with van der Waals surface area (Å²) in [5, 5.41) is 4.48. The van der Waals surface area contributed by atoms with Crippen molar-refractivity contribution >= 4 is 11.6 Å². The molecule has 0 aliphatic heterocycles. The van der Waals surface area contributed by atoms with Crippen LogP contribution in [-0.2, 0) is 15.6 Å². The molecule has 0 atom stereocenters. The molecule has 3 aliphatic rings. The Morgan fingerprint density at radius 1 is 1.23 bits per heavy atom. The van der Waals surface area contributed by atoms with Gasteiger partial charge in [0, 0.05) is 11.6 Å². The fourth-order valence-electron chi connectivity index (χ4n) is 5.07. The van der Waals surface area contributed by atoms with Crippen LogP contribution in [0.25, 0.3) is 5.65 Å². The summed E-state index contributed by atoms with van der Waals surface area (Å²) >= 11 is 0. The van der Waals surface area contributed by atoms with Crippen LogP contribution in [0.3, 0.4) is 0 Å². The summed E-state index contributed by atoms with van der Waals surface area (Å²) in [6.07, 6.45) is 7.08. The molecule has 6 rings (SSSR count). The van der Waals surface area contributed by atoms with Crippen LogP contribution in [0.4, 0.5) is 0 Å². The summed E-state index contributed by atoms with van der Waals surface area (Å²) in [5.74, 6) is -0.235. The number of aromatic nitrogens is 3. The van der Waals surface area contributed by atoms with Gasteiger partial charge in [-0.1, -0.05) is 6.07 Å². The van der Waals surface area contributed by atoms with Crippen LogP contribution in [0.15, 0.2) is 42.7 Å². The summed E-state index contributed by atoms with van der Waals surface area (Å²) < 4.78 is 7.15. The molecule has 5 nitrogen and oxygen atoms in total. The normalized spacial score (nSPS) is 26.2. The summed E-state index contributed by atoms with van der Waals surface area (Å²) in [4.78, 5) is 16.6. The van der Waals surface area contributed by atoms with Crippen molar-refractivity contribution in [2.45, 2.75) is 43.9 Å². The van der Waals surface area contributed by atoms with Gasteiger partial charge in [0.25, 0.3) is 0 Å². The largest absolute Gasteiger partial charge is 0.462 e. The Kier molecular flexibility index (Phi) is 3.09. The van der Waals surface area contributed by atoms with Crippen LogP contribution >= 0.6 is 0 Å². The lowest BCUT2D eigenvalue weighted by Gasteiger charge is -2.71. The van der Waals surface area contributed by atoms with Gasteiger partial charge in [0.15, 0.2) is 5.65 Å². The third-order valence-electron chi connectivity index (χ3n) is 6.17. The van der Waals surface area contributed by atoms with Crippen LogP contribution in [0, 0.1) is 6.92 Å². The van der Waals surface area contributed by atoms with Gasteiger partial charge in [0.05, 0.1) is 24.1 Å². The van der Waals surface area contributed by atoms with Crippen LogP contribution in [0.2, 0.25) is 0 Å². The summed E-state index contributed by atoms with van der Waals surface area (Å²) in [6.45, 7) is 4.37. The number of esters is 1. The second-order valence-corrected chi connectivity index (χ2v) is 7.78. The number of ether oxygens (including phenoxy) is 1. The van der Waals surface area contributed by atoms with E-state index in [-0.39, 0.29) is 16.8 Å². The molecule has 3 aliphatic carbocycles. The Balaban J connectivity index is 1.45. The third-order valence-corrected chi connectivity index (χ3v) is 6.17. The van der Waals surface area contributed by atoms with Crippen LogP contribution in [0.1, 0.15) is 53.4 Å². The predicted molar refractivity (Wildman–Crippen MR) is 97.3 cm³/mol. The molecule has 2 bridgehead atoms. The Labute approximate surface area is 152 Å². The second-order valence-electron chi connectivity index (χ2n) is 7.78. The molecule has 0 spiro atoms. The summed E-state index contributed by atoms with van der Waals surface area (Å²) in [7, 11) is 0. The first-order valence-corrected chi connectivity index (χ1v) is 9.14. The van der Waals surface area contributed by atoms with Crippen LogP contribution in [-0.4, -0.2) is 27.2 Å². The Morgan fingerprint density at radius 3 is 2.81 bits per heavy atom. The van der Waals surface area contributed by atoms with Crippen molar-refractivity contribution in [3.63, 3.8) is 0 Å². The molecular formula is C21H21N3O2. The third kappa shape index (κ3) is 1.94. The van der Waals surface area contributed by atoms with E-state index in [1.807, 2.05) is 54.2 Å². The molecule has 26 heavy (non-hydrogen) atoms. The van der Waals surface area contributed by atoms with Crippen molar-refractivity contribution in [1.29, 1.82) is 0 Å². The van der Waals surface area contributed by atoms with E-state index in [9.17, 15) is 4.79 Å². The molecule has 2 heterocycles. The van der Waals surface area contributed by atoms with Crippen molar-refractivity contribution < 1.29 is 9.53 Å². The molecule has 3 fully saturated rings. The highest BCUT2D eigenvalue weighted by Gasteiger charge is 2.70. The maximum absolute atomic E-state index is 12.1. The number of carbonyl (C=O) groups is 1. The number of hydrogen-bond donors (Lipinski definition) is 0. The maximum atomic E-state index is 12.1. The van der Waals surface area contributed by atoms with Gasteiger partial charge in [-0.25, -0.2) is 14.3 Å². The highest BCUT2D eigenvalue weighted by atomic mass is 16.5. The molecule has 0 radical (unpaired) electrons. The van der Waals surface area contributed by atoms with E-state index in [1.54, 1.807) is 0 Å².